The average Bonchev–Trinajstić information content (AvgIpc) is 3.71. The molecule has 2 aliphatic rings. The minimum atomic E-state index is -0.429. The van der Waals surface area contributed by atoms with Crippen molar-refractivity contribution >= 4 is 21.7 Å². The van der Waals surface area contributed by atoms with E-state index in [-0.39, 0.29) is 10.8 Å². The van der Waals surface area contributed by atoms with E-state index in [1.54, 1.807) is 22.3 Å². The van der Waals surface area contributed by atoms with Crippen LogP contribution >= 0.6 is 0 Å². The fourth-order valence-electron chi connectivity index (χ4n) is 10.2. The second kappa shape index (κ2) is 17.1. The molecule has 0 aromatic heterocycles. The molecule has 0 N–H and O–H groups in total. The van der Waals surface area contributed by atoms with Crippen LogP contribution < -0.4 is 0 Å². The molecule has 0 radical (unpaired) electrons. The van der Waals surface area contributed by atoms with E-state index < -0.39 is 9.52 Å². The predicted octanol–water partition coefficient (Wildman–Crippen LogP) is 17.1. The van der Waals surface area contributed by atoms with Gasteiger partial charge in [-0.1, -0.05) is 221 Å². The molecule has 4 aromatic rings. The molecule has 59 heavy (non-hydrogen) atoms. The lowest BCUT2D eigenvalue weighted by molar-refractivity contribution is 0.591. The van der Waals surface area contributed by atoms with Crippen molar-refractivity contribution in [3.05, 3.63) is 127 Å². The highest BCUT2D eigenvalue weighted by atomic mass is 28.2. The molecule has 0 fully saturated rings. The lowest BCUT2D eigenvalue weighted by atomic mass is 9.77. The second-order valence-electron chi connectivity index (χ2n) is 22.5. The molecule has 2 unspecified atom stereocenters. The summed E-state index contributed by atoms with van der Waals surface area (Å²) in [5.74, 6) is 4.05. The van der Waals surface area contributed by atoms with Crippen LogP contribution in [0.2, 0.25) is 12.1 Å². The van der Waals surface area contributed by atoms with E-state index in [9.17, 15) is 0 Å². The molecule has 6 rings (SSSR count). The van der Waals surface area contributed by atoms with Crippen LogP contribution in [0, 0.1) is 11.8 Å². The van der Waals surface area contributed by atoms with Crippen molar-refractivity contribution < 1.29 is 0 Å². The summed E-state index contributed by atoms with van der Waals surface area (Å²) in [6, 6.07) is 27.8. The van der Waals surface area contributed by atoms with Crippen molar-refractivity contribution in [1.29, 1.82) is 0 Å². The van der Waals surface area contributed by atoms with E-state index in [1.165, 1.54) is 78.8 Å². The zero-order valence-electron chi connectivity index (χ0n) is 40.7. The van der Waals surface area contributed by atoms with Gasteiger partial charge in [0, 0.05) is 21.4 Å². The Labute approximate surface area is 364 Å². The van der Waals surface area contributed by atoms with Gasteiger partial charge in [-0.3, -0.25) is 0 Å². The second-order valence-corrected chi connectivity index (χ2v) is 24.4. The van der Waals surface area contributed by atoms with Gasteiger partial charge in [-0.15, -0.1) is 0 Å². The molecule has 2 atom stereocenters. The van der Waals surface area contributed by atoms with Crippen molar-refractivity contribution in [2.24, 2.45) is 11.8 Å². The summed E-state index contributed by atoms with van der Waals surface area (Å²) in [7, 11) is -0.429. The van der Waals surface area contributed by atoms with Crippen LogP contribution in [0.25, 0.3) is 34.4 Å². The quantitative estimate of drug-likeness (QED) is 0.125. The molecule has 0 saturated heterocycles. The topological polar surface area (TPSA) is 0 Å². The Morgan fingerprint density at radius 1 is 0.424 bits per heavy atom. The zero-order valence-corrected chi connectivity index (χ0v) is 42.1. The van der Waals surface area contributed by atoms with Crippen molar-refractivity contribution in [3.63, 3.8) is 0 Å². The molecular weight excluding hydrogens is 725 g/mol. The van der Waals surface area contributed by atoms with E-state index in [0.29, 0.717) is 47.3 Å². The van der Waals surface area contributed by atoms with Crippen LogP contribution in [0.4, 0.5) is 0 Å². The molecule has 2 aliphatic carbocycles. The fraction of sp³-hybridized carbons (Fsp3) is 0.517. The van der Waals surface area contributed by atoms with Crippen LogP contribution in [0.5, 0.6) is 0 Å². The third kappa shape index (κ3) is 9.13. The van der Waals surface area contributed by atoms with Gasteiger partial charge in [0.1, 0.15) is 0 Å². The van der Waals surface area contributed by atoms with Crippen molar-refractivity contribution in [2.75, 3.05) is 0 Å². The Morgan fingerprint density at radius 2 is 0.729 bits per heavy atom. The molecule has 0 saturated carbocycles. The number of benzene rings is 4. The lowest BCUT2D eigenvalue weighted by Gasteiger charge is -2.28. The van der Waals surface area contributed by atoms with Gasteiger partial charge in [0.05, 0.1) is 0 Å². The van der Waals surface area contributed by atoms with Gasteiger partial charge in [0.25, 0.3) is 0 Å². The summed E-state index contributed by atoms with van der Waals surface area (Å²) in [5.41, 5.74) is 24.1. The van der Waals surface area contributed by atoms with Crippen molar-refractivity contribution in [1.82, 2.24) is 0 Å². The Hall–Kier alpha value is -3.42. The highest BCUT2D eigenvalue weighted by Crippen LogP contribution is 2.52. The number of allylic oxidation sites excluding steroid dienone is 2. The highest BCUT2D eigenvalue weighted by molar-refractivity contribution is 6.36. The number of hydrogen-bond donors (Lipinski definition) is 0. The third-order valence-electron chi connectivity index (χ3n) is 13.9. The van der Waals surface area contributed by atoms with Gasteiger partial charge >= 0.3 is 0 Å². The molecule has 0 aliphatic heterocycles. The minimum absolute atomic E-state index is 0.0441. The van der Waals surface area contributed by atoms with Gasteiger partial charge in [0.15, 0.2) is 0 Å². The maximum atomic E-state index is 2.65. The van der Waals surface area contributed by atoms with E-state index >= 15 is 0 Å². The zero-order chi connectivity index (χ0) is 43.5. The molecule has 0 bridgehead atoms. The van der Waals surface area contributed by atoms with E-state index in [2.05, 4.69) is 197 Å². The van der Waals surface area contributed by atoms with Gasteiger partial charge < -0.3 is 0 Å². The summed E-state index contributed by atoms with van der Waals surface area (Å²) in [6.07, 6.45) is 5.31. The summed E-state index contributed by atoms with van der Waals surface area (Å²) in [4.78, 5) is 0. The van der Waals surface area contributed by atoms with Gasteiger partial charge in [-0.2, -0.15) is 0 Å². The fourth-order valence-corrected chi connectivity index (χ4v) is 12.6. The first-order chi connectivity index (χ1) is 27.5. The Balaban J connectivity index is 1.42. The van der Waals surface area contributed by atoms with E-state index in [1.807, 2.05) is 0 Å². The normalized spacial score (nSPS) is 17.2. The maximum Gasteiger partial charge on any atom is 0.0218 e. The standard InChI is InChI=1S/C58H80Si/c1-33(2)39-23-40(34(3)4)26-43(25-39)55-49-29-47(37(9)10)51(45(49)19-21-53(55)57(13,14)15)31-59-32-52-46-20-22-54(58(16,17)18)56(50(46)30-48(52)38(11)12)44-27-41(35(5)6)24-42(28-44)36(7)8/h19-30,33-38,51-52H,31-32,59H2,1-18H3. The first-order valence-corrected chi connectivity index (χ1v) is 25.6. The van der Waals surface area contributed by atoms with E-state index in [4.69, 9.17) is 0 Å². The average molecular weight is 805 g/mol. The molecule has 0 amide bonds. The molecule has 316 valence electrons. The summed E-state index contributed by atoms with van der Waals surface area (Å²) < 4.78 is 0. The monoisotopic (exact) mass is 805 g/mol. The molecule has 0 nitrogen and oxygen atoms in total. The number of hydrogen-bond acceptors (Lipinski definition) is 0. The molecular formula is C58H80Si. The smallest absolute Gasteiger partial charge is 0.0218 e. The SMILES string of the molecule is CC(C)C1=Cc2c(ccc(C(C)(C)C)c2-c2cc(C(C)C)cc(C(C)C)c2)C1C[SiH2]CC1C(C(C)C)=Cc2c1ccc(C(C)(C)C)c2-c1cc(C(C)C)cc(C(C)C)c1. The summed E-state index contributed by atoms with van der Waals surface area (Å²) in [6.45, 7) is 42.9. The van der Waals surface area contributed by atoms with Gasteiger partial charge in [-0.25, -0.2) is 0 Å². The van der Waals surface area contributed by atoms with Crippen LogP contribution in [0.1, 0.15) is 216 Å². The largest absolute Gasteiger partial charge is 0.0598 e. The predicted molar refractivity (Wildman–Crippen MR) is 267 cm³/mol. The molecule has 4 aromatic carbocycles. The third-order valence-corrected chi connectivity index (χ3v) is 15.8. The Bertz CT molecular complexity index is 2020. The molecule has 0 heterocycles. The van der Waals surface area contributed by atoms with Crippen LogP contribution in [0.3, 0.4) is 0 Å². The molecule has 1 heteroatoms. The van der Waals surface area contributed by atoms with Crippen LogP contribution in [-0.4, -0.2) is 9.52 Å². The Kier molecular flexibility index (Phi) is 13.1. The lowest BCUT2D eigenvalue weighted by Crippen LogP contribution is -2.15. The first kappa shape index (κ1) is 45.1. The highest BCUT2D eigenvalue weighted by Gasteiger charge is 2.35. The van der Waals surface area contributed by atoms with Crippen molar-refractivity contribution in [3.8, 4) is 22.3 Å². The van der Waals surface area contributed by atoms with Crippen LogP contribution in [-0.2, 0) is 10.8 Å². The van der Waals surface area contributed by atoms with Gasteiger partial charge in [-0.05, 0) is 124 Å². The maximum absolute atomic E-state index is 2.65. The van der Waals surface area contributed by atoms with E-state index in [0.717, 1.165) is 0 Å². The minimum Gasteiger partial charge on any atom is -0.0598 e. The molecule has 0 spiro atoms. The first-order valence-electron chi connectivity index (χ1n) is 23.6. The summed E-state index contributed by atoms with van der Waals surface area (Å²) in [5, 5.41) is 0. The van der Waals surface area contributed by atoms with Crippen LogP contribution in [0.15, 0.2) is 71.8 Å². The summed E-state index contributed by atoms with van der Waals surface area (Å²) >= 11 is 0. The number of fused-ring (bicyclic) bond motifs is 2. The van der Waals surface area contributed by atoms with Gasteiger partial charge in [0.2, 0.25) is 0 Å². The van der Waals surface area contributed by atoms with Crippen molar-refractivity contribution in [2.45, 2.75) is 183 Å². The number of rotatable bonds is 12. The Morgan fingerprint density at radius 3 is 0.983 bits per heavy atom.